The summed E-state index contributed by atoms with van der Waals surface area (Å²) < 4.78 is 29.1. The fourth-order valence-corrected chi connectivity index (χ4v) is 6.04. The van der Waals surface area contributed by atoms with E-state index in [0.29, 0.717) is 11.7 Å². The SMILES string of the molecule is CNC(=O)O[C@H]1C[C@H]2c3cc(OC)c(OC)cc3CCN2C[C@@H]1CCCCCCCSCC[19F]. The van der Waals surface area contributed by atoms with E-state index in [1.807, 2.05) is 0 Å². The summed E-state index contributed by atoms with van der Waals surface area (Å²) in [5.41, 5.74) is 2.55. The second-order valence-corrected chi connectivity index (χ2v) is 10.4. The Morgan fingerprint density at radius 1 is 1.12 bits per heavy atom. The van der Waals surface area contributed by atoms with E-state index in [-0.39, 0.29) is 24.9 Å². The van der Waals surface area contributed by atoms with Gasteiger partial charge in [0.15, 0.2) is 11.5 Å². The lowest BCUT2D eigenvalue weighted by atomic mass is 9.80. The summed E-state index contributed by atoms with van der Waals surface area (Å²) in [7, 11) is 4.96. The van der Waals surface area contributed by atoms with E-state index in [9.17, 15) is 9.18 Å². The number of piperidine rings is 1. The molecule has 8 heteroatoms. The number of carbonyl (C=O) groups excluding carboxylic acids is 1. The highest BCUT2D eigenvalue weighted by molar-refractivity contribution is 7.99. The minimum absolute atomic E-state index is 0.0997. The predicted octanol–water partition coefficient (Wildman–Crippen LogP) is 5.39. The third-order valence-corrected chi connectivity index (χ3v) is 8.13. The van der Waals surface area contributed by atoms with Crippen LogP contribution < -0.4 is 14.8 Å². The number of thioether (sulfide) groups is 1. The maximum Gasteiger partial charge on any atom is 0.407 e. The van der Waals surface area contributed by atoms with E-state index >= 15 is 0 Å². The van der Waals surface area contributed by atoms with Gasteiger partial charge >= 0.3 is 6.09 Å². The van der Waals surface area contributed by atoms with Gasteiger partial charge in [0.2, 0.25) is 0 Å². The fourth-order valence-electron chi connectivity index (χ4n) is 5.32. The molecule has 1 aromatic rings. The molecule has 192 valence electrons. The van der Waals surface area contributed by atoms with Gasteiger partial charge in [-0.3, -0.25) is 9.29 Å². The van der Waals surface area contributed by atoms with E-state index in [1.54, 1.807) is 33.0 Å². The first-order valence-corrected chi connectivity index (χ1v) is 13.8. The Morgan fingerprint density at radius 3 is 2.59 bits per heavy atom. The molecule has 2 aliphatic rings. The normalized spacial score (nSPS) is 21.9. The summed E-state index contributed by atoms with van der Waals surface area (Å²) in [6.07, 6.45) is 8.33. The second-order valence-electron chi connectivity index (χ2n) is 9.21. The molecule has 0 saturated carbocycles. The quantitative estimate of drug-likeness (QED) is 0.370. The number of rotatable bonds is 13. The zero-order valence-electron chi connectivity index (χ0n) is 20.9. The van der Waals surface area contributed by atoms with Gasteiger partial charge in [-0.05, 0) is 48.3 Å². The molecule has 0 aromatic heterocycles. The summed E-state index contributed by atoms with van der Waals surface area (Å²) in [5.74, 6) is 3.54. The molecular formula is C26H41FN2O4S. The van der Waals surface area contributed by atoms with Gasteiger partial charge in [-0.1, -0.05) is 25.7 Å². The maximum atomic E-state index is 12.2. The predicted molar refractivity (Wildman–Crippen MR) is 136 cm³/mol. The monoisotopic (exact) mass is 496 g/mol. The van der Waals surface area contributed by atoms with E-state index in [4.69, 9.17) is 14.2 Å². The van der Waals surface area contributed by atoms with Crippen molar-refractivity contribution in [1.82, 2.24) is 10.2 Å². The Morgan fingerprint density at radius 2 is 1.85 bits per heavy atom. The van der Waals surface area contributed by atoms with Crippen molar-refractivity contribution in [3.63, 3.8) is 0 Å². The van der Waals surface area contributed by atoms with Crippen LogP contribution in [0.15, 0.2) is 12.1 Å². The summed E-state index contributed by atoms with van der Waals surface area (Å²) in [5, 5.41) is 2.63. The van der Waals surface area contributed by atoms with E-state index in [2.05, 4.69) is 22.3 Å². The zero-order chi connectivity index (χ0) is 24.3. The molecule has 1 saturated heterocycles. The number of nitrogens with one attached hydrogen (secondary N) is 1. The number of amides is 1. The maximum absolute atomic E-state index is 12.2. The number of ether oxygens (including phenoxy) is 3. The first-order chi connectivity index (χ1) is 16.6. The average Bonchev–Trinajstić information content (AvgIpc) is 2.86. The van der Waals surface area contributed by atoms with Crippen molar-refractivity contribution in [2.24, 2.45) is 5.92 Å². The molecule has 34 heavy (non-hydrogen) atoms. The molecule has 6 nitrogen and oxygen atoms in total. The molecule has 0 unspecified atom stereocenters. The van der Waals surface area contributed by atoms with Gasteiger partial charge in [0.05, 0.1) is 20.9 Å². The number of unbranched alkanes of at least 4 members (excludes halogenated alkanes) is 4. The lowest BCUT2D eigenvalue weighted by molar-refractivity contribution is -0.0258. The van der Waals surface area contributed by atoms with Crippen LogP contribution in [0.4, 0.5) is 9.18 Å². The highest BCUT2D eigenvalue weighted by Crippen LogP contribution is 2.44. The average molecular weight is 497 g/mol. The standard InChI is InChI=1S/C26H41FN2O4S/c1-28-26(30)33-23-17-22-21-16-25(32-3)24(31-2)15-19(21)10-12-29(22)18-20(23)9-7-5-4-6-8-13-34-14-11-27/h15-16,20,22-23H,4-14,17-18H2,1-3H3,(H,28,30)/t20-,22-,23-/m0/s1/i27+0. The van der Waals surface area contributed by atoms with Gasteiger partial charge in [0.1, 0.15) is 6.10 Å². The third kappa shape index (κ3) is 7.17. The molecule has 2 heterocycles. The Bertz CT molecular complexity index is 781. The second kappa shape index (κ2) is 14.0. The van der Waals surface area contributed by atoms with Gasteiger partial charge in [0.25, 0.3) is 0 Å². The summed E-state index contributed by atoms with van der Waals surface area (Å²) >= 11 is 1.71. The summed E-state index contributed by atoms with van der Waals surface area (Å²) in [6.45, 7) is 1.73. The number of hydrogen-bond acceptors (Lipinski definition) is 6. The largest absolute Gasteiger partial charge is 0.493 e. The Hall–Kier alpha value is -1.67. The summed E-state index contributed by atoms with van der Waals surface area (Å²) in [6, 6.07) is 4.42. The minimum atomic E-state index is -0.349. The van der Waals surface area contributed by atoms with Crippen LogP contribution >= 0.6 is 11.8 Å². The van der Waals surface area contributed by atoms with E-state index in [1.165, 1.54) is 36.8 Å². The molecular weight excluding hydrogens is 455 g/mol. The zero-order valence-corrected chi connectivity index (χ0v) is 21.8. The Labute approximate surface area is 208 Å². The first-order valence-electron chi connectivity index (χ1n) is 12.6. The van der Waals surface area contributed by atoms with Crippen LogP contribution in [0.5, 0.6) is 11.5 Å². The number of hydrogen-bond donors (Lipinski definition) is 1. The Kier molecular flexibility index (Phi) is 11.1. The van der Waals surface area contributed by atoms with Crippen molar-refractivity contribution in [3.05, 3.63) is 23.3 Å². The molecule has 1 fully saturated rings. The Balaban J connectivity index is 1.59. The van der Waals surface area contributed by atoms with Gasteiger partial charge in [-0.25, -0.2) is 4.79 Å². The molecule has 0 spiro atoms. The van der Waals surface area contributed by atoms with E-state index < -0.39 is 0 Å². The molecule has 1 N–H and O–H groups in total. The lowest BCUT2D eigenvalue weighted by Crippen LogP contribution is -2.49. The van der Waals surface area contributed by atoms with Crippen molar-refractivity contribution in [3.8, 4) is 11.5 Å². The number of carbonyl (C=O) groups is 1. The smallest absolute Gasteiger partial charge is 0.407 e. The molecule has 0 radical (unpaired) electrons. The number of alkyl carbamates (subject to hydrolysis) is 1. The van der Waals surface area contributed by atoms with Crippen molar-refractivity contribution in [1.29, 1.82) is 0 Å². The topological polar surface area (TPSA) is 60.0 Å². The minimum Gasteiger partial charge on any atom is -0.493 e. The van der Waals surface area contributed by atoms with Gasteiger partial charge in [-0.15, -0.1) is 0 Å². The molecule has 3 rings (SSSR count). The van der Waals surface area contributed by atoms with Crippen LogP contribution in [0.2, 0.25) is 0 Å². The van der Waals surface area contributed by atoms with Crippen molar-refractivity contribution >= 4 is 17.9 Å². The third-order valence-electron chi connectivity index (χ3n) is 7.11. The lowest BCUT2D eigenvalue weighted by Gasteiger charge is -2.46. The highest BCUT2D eigenvalue weighted by Gasteiger charge is 2.40. The molecule has 1 aromatic carbocycles. The number of methoxy groups -OCH3 is 2. The number of benzene rings is 1. The number of nitrogens with zero attached hydrogens (tertiary/aromatic N) is 1. The van der Waals surface area contributed by atoms with Gasteiger partial charge in [0, 0.05) is 44.3 Å². The molecule has 2 aliphatic heterocycles. The molecule has 0 aliphatic carbocycles. The first kappa shape index (κ1) is 26.9. The van der Waals surface area contributed by atoms with Gasteiger partial charge in [-0.2, -0.15) is 11.8 Å². The number of halogens is 1. The van der Waals surface area contributed by atoms with E-state index in [0.717, 1.165) is 56.0 Å². The van der Waals surface area contributed by atoms with Gasteiger partial charge < -0.3 is 19.5 Å². The van der Waals surface area contributed by atoms with Crippen molar-refractivity contribution < 1.29 is 23.4 Å². The van der Waals surface area contributed by atoms with Crippen LogP contribution in [0.25, 0.3) is 0 Å². The van der Waals surface area contributed by atoms with Crippen LogP contribution in [0.3, 0.4) is 0 Å². The fraction of sp³-hybridized carbons (Fsp3) is 0.731. The van der Waals surface area contributed by atoms with Crippen molar-refractivity contribution in [2.75, 3.05) is 52.5 Å². The molecule has 1 amide bonds. The number of fused-ring (bicyclic) bond motifs is 3. The van der Waals surface area contributed by atoms with Crippen LogP contribution in [-0.4, -0.2) is 69.6 Å². The van der Waals surface area contributed by atoms with Crippen LogP contribution in [-0.2, 0) is 11.2 Å². The summed E-state index contributed by atoms with van der Waals surface area (Å²) in [4.78, 5) is 14.7. The van der Waals surface area contributed by atoms with Crippen LogP contribution in [0, 0.1) is 5.92 Å². The molecule has 3 atom stereocenters. The molecule has 0 bridgehead atoms. The number of alkyl halides is 1. The van der Waals surface area contributed by atoms with Crippen LogP contribution in [0.1, 0.15) is 62.1 Å². The van der Waals surface area contributed by atoms with Crippen molar-refractivity contribution in [2.45, 2.75) is 63.5 Å². The highest BCUT2D eigenvalue weighted by atomic mass is 32.2.